The van der Waals surface area contributed by atoms with Crippen LogP contribution in [-0.2, 0) is 25.7 Å². The van der Waals surface area contributed by atoms with Gasteiger partial charge in [-0.05, 0) is 86.6 Å². The molecule has 0 heterocycles. The van der Waals surface area contributed by atoms with Crippen LogP contribution in [0.4, 0.5) is 0 Å². The first kappa shape index (κ1) is 35.2. The monoisotopic (exact) mass is 528 g/mol. The van der Waals surface area contributed by atoms with E-state index in [1.54, 1.807) is 22.3 Å². The minimum atomic E-state index is 0.856. The lowest BCUT2D eigenvalue weighted by Crippen LogP contribution is -2.07. The Morgan fingerprint density at radius 3 is 1.03 bits per heavy atom. The maximum absolute atomic E-state index is 5.70. The predicted molar refractivity (Wildman–Crippen MR) is 174 cm³/mol. The summed E-state index contributed by atoms with van der Waals surface area (Å²) in [5.41, 5.74) is 12.7. The van der Waals surface area contributed by atoms with Gasteiger partial charge in [0.1, 0.15) is 0 Å². The number of benzene rings is 1. The third kappa shape index (κ3) is 17.7. The molecule has 0 saturated carbocycles. The van der Waals surface area contributed by atoms with Crippen LogP contribution >= 0.6 is 0 Å². The summed E-state index contributed by atoms with van der Waals surface area (Å²) in [6, 6.07) is 5.12. The molecule has 0 aromatic heterocycles. The quantitative estimate of drug-likeness (QED) is 0.108. The Morgan fingerprint density at radius 1 is 0.368 bits per heavy atom. The summed E-state index contributed by atoms with van der Waals surface area (Å²) in [7, 11) is 0. The fourth-order valence-electron chi connectivity index (χ4n) is 6.13. The zero-order chi connectivity index (χ0) is 27.5. The SMILES string of the molecule is CCCCCCCCCc1ccc(CCCCCC)c(CCCCCCCC)c1CCCCCCCCN. The van der Waals surface area contributed by atoms with Crippen LogP contribution < -0.4 is 5.73 Å². The van der Waals surface area contributed by atoms with Gasteiger partial charge in [0, 0.05) is 0 Å². The summed E-state index contributed by atoms with van der Waals surface area (Å²) in [5, 5.41) is 0. The van der Waals surface area contributed by atoms with E-state index in [4.69, 9.17) is 5.73 Å². The van der Waals surface area contributed by atoms with Crippen molar-refractivity contribution in [3.8, 4) is 0 Å². The Morgan fingerprint density at radius 2 is 0.658 bits per heavy atom. The summed E-state index contributed by atoms with van der Waals surface area (Å²) in [6.07, 6.45) is 37.0. The smallest absolute Gasteiger partial charge is 0.00773 e. The summed E-state index contributed by atoms with van der Waals surface area (Å²) in [4.78, 5) is 0. The molecule has 0 atom stereocenters. The fraction of sp³-hybridized carbons (Fsp3) is 0.838. The number of unbranched alkanes of at least 4 members (excludes halogenated alkanes) is 19. The van der Waals surface area contributed by atoms with E-state index in [2.05, 4.69) is 32.9 Å². The highest BCUT2D eigenvalue weighted by Gasteiger charge is 2.14. The van der Waals surface area contributed by atoms with Gasteiger partial charge in [0.25, 0.3) is 0 Å². The number of rotatable bonds is 28. The predicted octanol–water partition coefficient (Wildman–Crippen LogP) is 11.8. The molecule has 1 aromatic rings. The Bertz CT molecular complexity index is 634. The molecule has 0 spiro atoms. The van der Waals surface area contributed by atoms with E-state index < -0.39 is 0 Å². The molecule has 1 heteroatoms. The first-order valence-electron chi connectivity index (χ1n) is 17.6. The lowest BCUT2D eigenvalue weighted by Gasteiger charge is -2.20. The topological polar surface area (TPSA) is 26.0 Å². The van der Waals surface area contributed by atoms with E-state index in [-0.39, 0.29) is 0 Å². The molecule has 2 N–H and O–H groups in total. The zero-order valence-corrected chi connectivity index (χ0v) is 26.5. The average molecular weight is 528 g/mol. The van der Waals surface area contributed by atoms with Crippen molar-refractivity contribution in [2.24, 2.45) is 5.73 Å². The van der Waals surface area contributed by atoms with Crippen molar-refractivity contribution in [1.82, 2.24) is 0 Å². The standard InChI is InChI=1S/C37H69N/c1-4-7-10-13-15-18-23-28-35-32-31-34(27-22-12-9-6-3)36(29-24-19-14-11-8-5-2)37(35)30-25-20-16-17-21-26-33-38/h31-32H,4-30,33,38H2,1-3H3. The molecule has 0 aliphatic heterocycles. The van der Waals surface area contributed by atoms with Crippen molar-refractivity contribution in [2.75, 3.05) is 6.54 Å². The summed E-state index contributed by atoms with van der Waals surface area (Å²) in [5.74, 6) is 0. The van der Waals surface area contributed by atoms with Crippen molar-refractivity contribution >= 4 is 0 Å². The molecule has 1 aromatic carbocycles. The average Bonchev–Trinajstić information content (AvgIpc) is 2.93. The summed E-state index contributed by atoms with van der Waals surface area (Å²) in [6.45, 7) is 7.83. The number of nitrogens with two attached hydrogens (primary N) is 1. The van der Waals surface area contributed by atoms with Gasteiger partial charge >= 0.3 is 0 Å². The lowest BCUT2D eigenvalue weighted by atomic mass is 9.85. The van der Waals surface area contributed by atoms with E-state index >= 15 is 0 Å². The minimum Gasteiger partial charge on any atom is -0.330 e. The van der Waals surface area contributed by atoms with Crippen molar-refractivity contribution in [3.05, 3.63) is 34.4 Å². The van der Waals surface area contributed by atoms with Crippen LogP contribution in [-0.4, -0.2) is 6.54 Å². The van der Waals surface area contributed by atoms with E-state index in [0.717, 1.165) is 6.54 Å². The molecule has 1 nitrogen and oxygen atoms in total. The van der Waals surface area contributed by atoms with Crippen molar-refractivity contribution in [3.63, 3.8) is 0 Å². The third-order valence-corrected chi connectivity index (χ3v) is 8.64. The van der Waals surface area contributed by atoms with E-state index in [1.807, 2.05) is 0 Å². The van der Waals surface area contributed by atoms with Crippen molar-refractivity contribution in [2.45, 2.75) is 194 Å². The molecule has 0 bridgehead atoms. The van der Waals surface area contributed by atoms with Gasteiger partial charge in [0.05, 0.1) is 0 Å². The van der Waals surface area contributed by atoms with Gasteiger partial charge in [-0.2, -0.15) is 0 Å². The van der Waals surface area contributed by atoms with Crippen molar-refractivity contribution in [1.29, 1.82) is 0 Å². The molecule has 222 valence electrons. The second kappa shape index (κ2) is 26.4. The van der Waals surface area contributed by atoms with E-state index in [9.17, 15) is 0 Å². The highest BCUT2D eigenvalue weighted by Crippen LogP contribution is 2.28. The Balaban J connectivity index is 2.88. The van der Waals surface area contributed by atoms with Gasteiger partial charge < -0.3 is 5.73 Å². The molecular weight excluding hydrogens is 458 g/mol. The molecule has 1 rings (SSSR count). The molecular formula is C37H69N. The summed E-state index contributed by atoms with van der Waals surface area (Å²) >= 11 is 0. The maximum atomic E-state index is 5.70. The van der Waals surface area contributed by atoms with Gasteiger partial charge in [0.2, 0.25) is 0 Å². The van der Waals surface area contributed by atoms with E-state index in [1.165, 1.54) is 173 Å². The van der Waals surface area contributed by atoms with Gasteiger partial charge in [-0.15, -0.1) is 0 Å². The molecule has 0 amide bonds. The van der Waals surface area contributed by atoms with Gasteiger partial charge in [-0.3, -0.25) is 0 Å². The zero-order valence-electron chi connectivity index (χ0n) is 26.5. The van der Waals surface area contributed by atoms with Crippen LogP contribution in [0.25, 0.3) is 0 Å². The van der Waals surface area contributed by atoms with Crippen LogP contribution in [0, 0.1) is 0 Å². The Hall–Kier alpha value is -0.820. The third-order valence-electron chi connectivity index (χ3n) is 8.64. The molecule has 0 radical (unpaired) electrons. The second-order valence-corrected chi connectivity index (χ2v) is 12.2. The molecule has 0 aliphatic rings. The molecule has 0 saturated heterocycles. The second-order valence-electron chi connectivity index (χ2n) is 12.2. The minimum absolute atomic E-state index is 0.856. The van der Waals surface area contributed by atoms with Gasteiger partial charge in [0.15, 0.2) is 0 Å². The molecule has 38 heavy (non-hydrogen) atoms. The molecule has 0 aliphatic carbocycles. The highest BCUT2D eigenvalue weighted by atomic mass is 14.5. The van der Waals surface area contributed by atoms with Gasteiger partial charge in [-0.1, -0.05) is 148 Å². The fourth-order valence-corrected chi connectivity index (χ4v) is 6.13. The number of aryl methyl sites for hydroxylation is 2. The van der Waals surface area contributed by atoms with Crippen LogP contribution in [0.1, 0.15) is 191 Å². The van der Waals surface area contributed by atoms with E-state index in [0.29, 0.717) is 0 Å². The highest BCUT2D eigenvalue weighted by molar-refractivity contribution is 5.42. The molecule has 0 fully saturated rings. The van der Waals surface area contributed by atoms with Crippen LogP contribution in [0.2, 0.25) is 0 Å². The number of hydrogen-bond acceptors (Lipinski definition) is 1. The Labute approximate surface area is 240 Å². The number of hydrogen-bond donors (Lipinski definition) is 1. The molecule has 0 unspecified atom stereocenters. The van der Waals surface area contributed by atoms with Crippen molar-refractivity contribution < 1.29 is 0 Å². The summed E-state index contributed by atoms with van der Waals surface area (Å²) < 4.78 is 0. The first-order valence-corrected chi connectivity index (χ1v) is 17.6. The van der Waals surface area contributed by atoms with Crippen LogP contribution in [0.15, 0.2) is 12.1 Å². The van der Waals surface area contributed by atoms with Crippen LogP contribution in [0.5, 0.6) is 0 Å². The maximum Gasteiger partial charge on any atom is -0.00773 e. The van der Waals surface area contributed by atoms with Gasteiger partial charge in [-0.25, -0.2) is 0 Å². The Kier molecular flexibility index (Phi) is 24.5. The normalized spacial score (nSPS) is 11.5. The van der Waals surface area contributed by atoms with Crippen LogP contribution in [0.3, 0.4) is 0 Å². The first-order chi connectivity index (χ1) is 18.8. The lowest BCUT2D eigenvalue weighted by molar-refractivity contribution is 0.582. The largest absolute Gasteiger partial charge is 0.330 e.